The van der Waals surface area contributed by atoms with Gasteiger partial charge >= 0.3 is 0 Å². The van der Waals surface area contributed by atoms with E-state index in [1.54, 1.807) is 11.6 Å². The predicted octanol–water partition coefficient (Wildman–Crippen LogP) is 0.327. The third kappa shape index (κ3) is 3.64. The number of anilines is 1. The van der Waals surface area contributed by atoms with Gasteiger partial charge in [0.2, 0.25) is 5.91 Å². The SMILES string of the molecule is CNC(=O)CN1CCC(CN(C)c2cc(C)nc3ncnn23)CC1. The number of aryl methyl sites for hydroxylation is 1. The molecule has 1 N–H and O–H groups in total. The number of nitrogens with one attached hydrogen (secondary N) is 1. The summed E-state index contributed by atoms with van der Waals surface area (Å²) in [6, 6.07) is 2.04. The number of fused-ring (bicyclic) bond motifs is 1. The molecule has 24 heavy (non-hydrogen) atoms. The second kappa shape index (κ2) is 7.12. The molecular formula is C16H25N7O. The van der Waals surface area contributed by atoms with Gasteiger partial charge in [0.25, 0.3) is 5.78 Å². The predicted molar refractivity (Wildman–Crippen MR) is 92.0 cm³/mol. The molecule has 0 saturated carbocycles. The van der Waals surface area contributed by atoms with Crippen molar-refractivity contribution in [2.75, 3.05) is 45.2 Å². The molecule has 130 valence electrons. The first-order chi connectivity index (χ1) is 11.6. The molecule has 0 aliphatic carbocycles. The molecule has 0 atom stereocenters. The fraction of sp³-hybridized carbons (Fsp3) is 0.625. The summed E-state index contributed by atoms with van der Waals surface area (Å²) in [4.78, 5) is 24.5. The molecule has 0 spiro atoms. The monoisotopic (exact) mass is 331 g/mol. The number of likely N-dealkylation sites (N-methyl/N-ethyl adjacent to an activating group) is 1. The quantitative estimate of drug-likeness (QED) is 0.850. The number of hydrogen-bond acceptors (Lipinski definition) is 6. The molecule has 3 rings (SSSR count). The van der Waals surface area contributed by atoms with E-state index in [9.17, 15) is 4.79 Å². The highest BCUT2D eigenvalue weighted by Gasteiger charge is 2.22. The lowest BCUT2D eigenvalue weighted by Gasteiger charge is -2.34. The van der Waals surface area contributed by atoms with Crippen molar-refractivity contribution in [1.29, 1.82) is 0 Å². The smallest absolute Gasteiger partial charge is 0.254 e. The van der Waals surface area contributed by atoms with Gasteiger partial charge in [-0.2, -0.15) is 14.6 Å². The second-order valence-corrected chi connectivity index (χ2v) is 6.50. The zero-order chi connectivity index (χ0) is 17.1. The molecule has 0 aromatic carbocycles. The Bertz CT molecular complexity index is 706. The van der Waals surface area contributed by atoms with Crippen LogP contribution in [0.2, 0.25) is 0 Å². The molecule has 0 unspecified atom stereocenters. The number of piperidine rings is 1. The summed E-state index contributed by atoms with van der Waals surface area (Å²) in [5.74, 6) is 2.36. The van der Waals surface area contributed by atoms with E-state index < -0.39 is 0 Å². The van der Waals surface area contributed by atoms with E-state index in [1.807, 2.05) is 13.0 Å². The molecule has 1 amide bonds. The van der Waals surface area contributed by atoms with E-state index in [-0.39, 0.29) is 5.91 Å². The minimum absolute atomic E-state index is 0.0893. The summed E-state index contributed by atoms with van der Waals surface area (Å²) in [7, 11) is 3.78. The van der Waals surface area contributed by atoms with Crippen molar-refractivity contribution < 1.29 is 4.79 Å². The number of hydrogen-bond donors (Lipinski definition) is 1. The number of nitrogens with zero attached hydrogens (tertiary/aromatic N) is 6. The van der Waals surface area contributed by atoms with Gasteiger partial charge in [0.05, 0.1) is 6.54 Å². The first kappa shape index (κ1) is 16.6. The number of carbonyl (C=O) groups excluding carboxylic acids is 1. The average molecular weight is 331 g/mol. The van der Waals surface area contributed by atoms with Gasteiger partial charge in [-0.05, 0) is 38.8 Å². The molecule has 0 bridgehead atoms. The Morgan fingerprint density at radius 3 is 2.88 bits per heavy atom. The van der Waals surface area contributed by atoms with E-state index in [0.29, 0.717) is 18.2 Å². The minimum atomic E-state index is 0.0893. The minimum Gasteiger partial charge on any atom is -0.359 e. The van der Waals surface area contributed by atoms with Gasteiger partial charge in [-0.3, -0.25) is 9.69 Å². The second-order valence-electron chi connectivity index (χ2n) is 6.50. The number of amides is 1. The largest absolute Gasteiger partial charge is 0.359 e. The van der Waals surface area contributed by atoms with Crippen molar-refractivity contribution in [3.63, 3.8) is 0 Å². The Balaban J connectivity index is 1.60. The summed E-state index contributed by atoms with van der Waals surface area (Å²) in [5, 5.41) is 6.96. The van der Waals surface area contributed by atoms with E-state index in [2.05, 4.69) is 37.2 Å². The van der Waals surface area contributed by atoms with Crippen LogP contribution in [-0.2, 0) is 4.79 Å². The maximum atomic E-state index is 11.5. The zero-order valence-electron chi connectivity index (χ0n) is 14.6. The number of aromatic nitrogens is 4. The zero-order valence-corrected chi connectivity index (χ0v) is 14.6. The van der Waals surface area contributed by atoms with Gasteiger partial charge in [0, 0.05) is 32.4 Å². The normalized spacial score (nSPS) is 16.5. The van der Waals surface area contributed by atoms with Crippen molar-refractivity contribution in [1.82, 2.24) is 29.8 Å². The van der Waals surface area contributed by atoms with Gasteiger partial charge in [0.1, 0.15) is 12.1 Å². The third-order valence-corrected chi connectivity index (χ3v) is 4.64. The van der Waals surface area contributed by atoms with Gasteiger partial charge in [-0.25, -0.2) is 4.98 Å². The lowest BCUT2D eigenvalue weighted by molar-refractivity contribution is -0.122. The highest BCUT2D eigenvalue weighted by molar-refractivity contribution is 5.77. The maximum absolute atomic E-state index is 11.5. The Morgan fingerprint density at radius 2 is 2.17 bits per heavy atom. The van der Waals surface area contributed by atoms with Gasteiger partial charge in [-0.15, -0.1) is 0 Å². The van der Waals surface area contributed by atoms with E-state index in [0.717, 1.165) is 44.0 Å². The molecule has 1 aliphatic heterocycles. The Hall–Kier alpha value is -2.22. The van der Waals surface area contributed by atoms with Crippen LogP contribution in [0, 0.1) is 12.8 Å². The van der Waals surface area contributed by atoms with Crippen molar-refractivity contribution in [2.45, 2.75) is 19.8 Å². The Labute approximate surface area is 141 Å². The summed E-state index contributed by atoms with van der Waals surface area (Å²) in [6.07, 6.45) is 3.74. The summed E-state index contributed by atoms with van der Waals surface area (Å²) in [6.45, 7) is 5.39. The average Bonchev–Trinajstić information content (AvgIpc) is 3.03. The van der Waals surface area contributed by atoms with Gasteiger partial charge < -0.3 is 10.2 Å². The van der Waals surface area contributed by atoms with E-state index in [1.165, 1.54) is 6.33 Å². The molecule has 2 aromatic rings. The molecule has 8 heteroatoms. The van der Waals surface area contributed by atoms with Crippen LogP contribution in [0.15, 0.2) is 12.4 Å². The van der Waals surface area contributed by atoms with Crippen LogP contribution in [0.1, 0.15) is 18.5 Å². The van der Waals surface area contributed by atoms with Crippen LogP contribution in [0.4, 0.5) is 5.82 Å². The van der Waals surface area contributed by atoms with Crippen molar-refractivity contribution in [3.05, 3.63) is 18.1 Å². The van der Waals surface area contributed by atoms with Crippen molar-refractivity contribution in [3.8, 4) is 0 Å². The standard InChI is InChI=1S/C16H25N7O/c1-12-8-15(23-16(20-12)18-11-19-23)21(3)9-13-4-6-22(7-5-13)10-14(24)17-2/h8,11,13H,4-7,9-10H2,1-3H3,(H,17,24). The lowest BCUT2D eigenvalue weighted by atomic mass is 9.96. The lowest BCUT2D eigenvalue weighted by Crippen LogP contribution is -2.42. The summed E-state index contributed by atoms with van der Waals surface area (Å²) in [5.41, 5.74) is 0.942. The molecular weight excluding hydrogens is 306 g/mol. The molecule has 1 fully saturated rings. The van der Waals surface area contributed by atoms with E-state index in [4.69, 9.17) is 0 Å². The van der Waals surface area contributed by atoms with E-state index >= 15 is 0 Å². The van der Waals surface area contributed by atoms with Gasteiger partial charge in [0.15, 0.2) is 0 Å². The van der Waals surface area contributed by atoms with Crippen LogP contribution >= 0.6 is 0 Å². The molecule has 1 saturated heterocycles. The van der Waals surface area contributed by atoms with Crippen LogP contribution in [-0.4, -0.2) is 70.7 Å². The van der Waals surface area contributed by atoms with Crippen molar-refractivity contribution >= 4 is 17.5 Å². The fourth-order valence-electron chi connectivity index (χ4n) is 3.27. The van der Waals surface area contributed by atoms with Crippen molar-refractivity contribution in [2.24, 2.45) is 5.92 Å². The number of rotatable bonds is 5. The molecule has 8 nitrogen and oxygen atoms in total. The highest BCUT2D eigenvalue weighted by Crippen LogP contribution is 2.21. The fourth-order valence-corrected chi connectivity index (χ4v) is 3.27. The van der Waals surface area contributed by atoms with Crippen LogP contribution in [0.3, 0.4) is 0 Å². The topological polar surface area (TPSA) is 78.7 Å². The summed E-state index contributed by atoms with van der Waals surface area (Å²) < 4.78 is 1.79. The maximum Gasteiger partial charge on any atom is 0.254 e. The number of carbonyl (C=O) groups is 1. The van der Waals surface area contributed by atoms with Crippen LogP contribution in [0.25, 0.3) is 5.78 Å². The molecule has 0 radical (unpaired) electrons. The first-order valence-corrected chi connectivity index (χ1v) is 8.38. The summed E-state index contributed by atoms with van der Waals surface area (Å²) >= 11 is 0. The Kier molecular flexibility index (Phi) is 4.94. The van der Waals surface area contributed by atoms with Crippen LogP contribution < -0.4 is 10.2 Å². The van der Waals surface area contributed by atoms with Gasteiger partial charge in [-0.1, -0.05) is 0 Å². The molecule has 1 aliphatic rings. The molecule has 2 aromatic heterocycles. The Morgan fingerprint density at radius 1 is 1.42 bits per heavy atom. The highest BCUT2D eigenvalue weighted by atomic mass is 16.1. The first-order valence-electron chi connectivity index (χ1n) is 8.38. The third-order valence-electron chi connectivity index (χ3n) is 4.64. The van der Waals surface area contributed by atoms with Crippen LogP contribution in [0.5, 0.6) is 0 Å². The molecule has 3 heterocycles. The number of likely N-dealkylation sites (tertiary alicyclic amines) is 1.